The van der Waals surface area contributed by atoms with Crippen LogP contribution in [0, 0.1) is 0 Å². The van der Waals surface area contributed by atoms with Crippen molar-refractivity contribution in [2.24, 2.45) is 0 Å². The van der Waals surface area contributed by atoms with Crippen LogP contribution in [0.25, 0.3) is 0 Å². The average Bonchev–Trinajstić information content (AvgIpc) is 2.81. The van der Waals surface area contributed by atoms with Gasteiger partial charge in [0.1, 0.15) is 5.75 Å². The highest BCUT2D eigenvalue weighted by molar-refractivity contribution is 5.94. The zero-order valence-corrected chi connectivity index (χ0v) is 9.33. The number of aromatic nitrogens is 1. The van der Waals surface area contributed by atoms with Gasteiger partial charge in [-0.15, -0.1) is 0 Å². The van der Waals surface area contributed by atoms with Gasteiger partial charge >= 0.3 is 0 Å². The van der Waals surface area contributed by atoms with Crippen LogP contribution in [0.5, 0.6) is 5.75 Å². The number of hydrogen-bond acceptors (Lipinski definition) is 4. The van der Waals surface area contributed by atoms with E-state index >= 15 is 0 Å². The van der Waals surface area contributed by atoms with Gasteiger partial charge in [0, 0.05) is 25.4 Å². The quantitative estimate of drug-likeness (QED) is 0.873. The van der Waals surface area contributed by atoms with Crippen molar-refractivity contribution in [1.82, 2.24) is 9.88 Å². The van der Waals surface area contributed by atoms with E-state index < -0.39 is 0 Å². The third-order valence-electron chi connectivity index (χ3n) is 2.34. The van der Waals surface area contributed by atoms with Crippen molar-refractivity contribution in [2.75, 3.05) is 7.05 Å². The maximum absolute atomic E-state index is 12.0. The third-order valence-corrected chi connectivity index (χ3v) is 2.34. The summed E-state index contributed by atoms with van der Waals surface area (Å²) in [6, 6.07) is 4.79. The van der Waals surface area contributed by atoms with E-state index in [4.69, 9.17) is 4.42 Å². The Kier molecular flexibility index (Phi) is 3.09. The molecule has 0 bridgehead atoms. The number of pyridine rings is 1. The molecule has 0 aliphatic rings. The molecule has 0 radical (unpaired) electrons. The number of nitrogens with zero attached hydrogens (tertiary/aromatic N) is 2. The van der Waals surface area contributed by atoms with Gasteiger partial charge in [0.2, 0.25) is 0 Å². The smallest absolute Gasteiger partial charge is 0.276 e. The minimum absolute atomic E-state index is 0.0542. The van der Waals surface area contributed by atoms with Crippen molar-refractivity contribution in [2.45, 2.75) is 6.54 Å². The minimum Gasteiger partial charge on any atom is -0.505 e. The molecule has 0 aromatic carbocycles. The number of carbonyl (C=O) groups excluding carboxylic acids is 1. The molecule has 0 fully saturated rings. The lowest BCUT2D eigenvalue weighted by atomic mass is 10.2. The summed E-state index contributed by atoms with van der Waals surface area (Å²) in [5, 5.41) is 9.53. The molecule has 2 rings (SSSR count). The van der Waals surface area contributed by atoms with Crippen LogP contribution in [0.1, 0.15) is 16.1 Å². The Morgan fingerprint density at radius 3 is 3.00 bits per heavy atom. The van der Waals surface area contributed by atoms with Crippen LogP contribution in [0.2, 0.25) is 0 Å². The molecule has 5 heteroatoms. The van der Waals surface area contributed by atoms with Crippen molar-refractivity contribution in [3.8, 4) is 5.75 Å². The molecule has 0 spiro atoms. The molecule has 0 aliphatic heterocycles. The largest absolute Gasteiger partial charge is 0.505 e. The second-order valence-electron chi connectivity index (χ2n) is 3.66. The first-order valence-electron chi connectivity index (χ1n) is 5.09. The molecule has 2 aromatic rings. The zero-order chi connectivity index (χ0) is 12.3. The van der Waals surface area contributed by atoms with Crippen LogP contribution in [0.15, 0.2) is 41.3 Å². The molecular formula is C12H12N2O3. The van der Waals surface area contributed by atoms with Crippen molar-refractivity contribution in [3.05, 3.63) is 48.2 Å². The molecule has 88 valence electrons. The van der Waals surface area contributed by atoms with Gasteiger partial charge in [-0.3, -0.25) is 4.79 Å². The fraction of sp³-hybridized carbons (Fsp3) is 0.167. The van der Waals surface area contributed by atoms with E-state index in [9.17, 15) is 9.90 Å². The number of carbonyl (C=O) groups is 1. The van der Waals surface area contributed by atoms with Crippen LogP contribution in [-0.4, -0.2) is 27.9 Å². The van der Waals surface area contributed by atoms with E-state index in [-0.39, 0.29) is 17.4 Å². The van der Waals surface area contributed by atoms with Crippen LogP contribution in [0.4, 0.5) is 0 Å². The third kappa shape index (κ3) is 2.44. The van der Waals surface area contributed by atoms with Gasteiger partial charge in [-0.25, -0.2) is 4.98 Å². The summed E-state index contributed by atoms with van der Waals surface area (Å²) in [7, 11) is 1.64. The summed E-state index contributed by atoms with van der Waals surface area (Å²) in [6.45, 7) is 0.408. The van der Waals surface area contributed by atoms with Crippen molar-refractivity contribution < 1.29 is 14.3 Å². The molecule has 0 aliphatic carbocycles. The maximum atomic E-state index is 12.0. The van der Waals surface area contributed by atoms with Crippen LogP contribution in [-0.2, 0) is 6.54 Å². The summed E-state index contributed by atoms with van der Waals surface area (Å²) in [5.74, 6) is -0.444. The zero-order valence-electron chi connectivity index (χ0n) is 9.33. The Morgan fingerprint density at radius 2 is 2.35 bits per heavy atom. The van der Waals surface area contributed by atoms with E-state index in [0.29, 0.717) is 6.54 Å². The number of hydrogen-bond donors (Lipinski definition) is 1. The lowest BCUT2D eigenvalue weighted by Crippen LogP contribution is -2.26. The molecule has 1 N–H and O–H groups in total. The summed E-state index contributed by atoms with van der Waals surface area (Å²) >= 11 is 0. The molecule has 5 nitrogen and oxygen atoms in total. The Bertz CT molecular complexity index is 508. The highest BCUT2D eigenvalue weighted by Crippen LogP contribution is 2.15. The Hall–Kier alpha value is -2.30. The second-order valence-corrected chi connectivity index (χ2v) is 3.66. The first-order chi connectivity index (χ1) is 8.18. The normalized spacial score (nSPS) is 10.2. The Balaban J connectivity index is 2.13. The van der Waals surface area contributed by atoms with Gasteiger partial charge in [0.15, 0.2) is 5.69 Å². The van der Waals surface area contributed by atoms with E-state index in [1.165, 1.54) is 17.2 Å². The van der Waals surface area contributed by atoms with E-state index in [1.54, 1.807) is 31.7 Å². The summed E-state index contributed by atoms with van der Waals surface area (Å²) in [6.07, 6.45) is 4.59. The average molecular weight is 232 g/mol. The fourth-order valence-corrected chi connectivity index (χ4v) is 1.47. The number of aromatic hydroxyl groups is 1. The molecular weight excluding hydrogens is 220 g/mol. The van der Waals surface area contributed by atoms with Crippen molar-refractivity contribution in [1.29, 1.82) is 0 Å². The lowest BCUT2D eigenvalue weighted by molar-refractivity contribution is 0.0776. The molecule has 1 amide bonds. The number of furan rings is 1. The SMILES string of the molecule is CN(Cc1ccoc1)C(=O)c1ncccc1O. The number of amides is 1. The highest BCUT2D eigenvalue weighted by atomic mass is 16.3. The topological polar surface area (TPSA) is 66.6 Å². The molecule has 0 saturated carbocycles. The predicted octanol–water partition coefficient (Wildman–Crippen LogP) is 1.65. The monoisotopic (exact) mass is 232 g/mol. The highest BCUT2D eigenvalue weighted by Gasteiger charge is 2.17. The second kappa shape index (κ2) is 4.69. The molecule has 2 aromatic heterocycles. The summed E-state index contributed by atoms with van der Waals surface area (Å²) < 4.78 is 4.92. The van der Waals surface area contributed by atoms with Crippen LogP contribution >= 0.6 is 0 Å². The van der Waals surface area contributed by atoms with Gasteiger partial charge in [0.25, 0.3) is 5.91 Å². The first kappa shape index (κ1) is 11.2. The summed E-state index contributed by atoms with van der Waals surface area (Å²) in [5.41, 5.74) is 0.940. The number of rotatable bonds is 3. The first-order valence-corrected chi connectivity index (χ1v) is 5.09. The van der Waals surface area contributed by atoms with E-state index in [1.807, 2.05) is 0 Å². The van der Waals surface area contributed by atoms with Crippen LogP contribution < -0.4 is 0 Å². The predicted molar refractivity (Wildman–Crippen MR) is 60.4 cm³/mol. The van der Waals surface area contributed by atoms with Gasteiger partial charge in [0.05, 0.1) is 12.5 Å². The van der Waals surface area contributed by atoms with Crippen molar-refractivity contribution in [3.63, 3.8) is 0 Å². The van der Waals surface area contributed by atoms with Gasteiger partial charge in [-0.1, -0.05) is 0 Å². The fourth-order valence-electron chi connectivity index (χ4n) is 1.47. The lowest BCUT2D eigenvalue weighted by Gasteiger charge is -2.15. The Morgan fingerprint density at radius 1 is 1.53 bits per heavy atom. The molecule has 0 atom stereocenters. The maximum Gasteiger partial charge on any atom is 0.276 e. The molecule has 17 heavy (non-hydrogen) atoms. The minimum atomic E-state index is -0.329. The Labute approximate surface area is 98.3 Å². The van der Waals surface area contributed by atoms with Crippen LogP contribution in [0.3, 0.4) is 0 Å². The molecule has 2 heterocycles. The summed E-state index contributed by atoms with van der Waals surface area (Å²) in [4.78, 5) is 17.3. The van der Waals surface area contributed by atoms with E-state index in [2.05, 4.69) is 4.98 Å². The standard InChI is InChI=1S/C12H12N2O3/c1-14(7-9-4-6-17-8-9)12(16)11-10(15)3-2-5-13-11/h2-6,8,15H,7H2,1H3. The van der Waals surface area contributed by atoms with E-state index in [0.717, 1.165) is 5.56 Å². The molecule has 0 unspecified atom stereocenters. The van der Waals surface area contributed by atoms with Gasteiger partial charge in [-0.05, 0) is 18.2 Å². The van der Waals surface area contributed by atoms with Gasteiger partial charge < -0.3 is 14.4 Å². The molecule has 0 saturated heterocycles. The van der Waals surface area contributed by atoms with Crippen molar-refractivity contribution >= 4 is 5.91 Å². The van der Waals surface area contributed by atoms with Gasteiger partial charge in [-0.2, -0.15) is 0 Å².